The number of ketones is 1. The Morgan fingerprint density at radius 3 is 2.44 bits per heavy atom. The van der Waals surface area contributed by atoms with E-state index in [-0.39, 0.29) is 10.0 Å². The number of rotatable bonds is 2. The molecule has 1 nitrogen and oxygen atoms in total. The Hall–Kier alpha value is -0.820. The van der Waals surface area contributed by atoms with E-state index in [2.05, 4.69) is 15.9 Å². The van der Waals surface area contributed by atoms with Crippen LogP contribution < -0.4 is 0 Å². The minimum absolute atomic E-state index is 0.0678. The number of halogens is 4. The van der Waals surface area contributed by atoms with Crippen molar-refractivity contribution >= 4 is 44.3 Å². The van der Waals surface area contributed by atoms with Gasteiger partial charge in [-0.3, -0.25) is 4.79 Å². The lowest BCUT2D eigenvalue weighted by atomic mass is 10.0. The van der Waals surface area contributed by atoms with Gasteiger partial charge in [-0.15, -0.1) is 0 Å². The van der Waals surface area contributed by atoms with Crippen molar-refractivity contribution in [3.63, 3.8) is 0 Å². The Kier molecular flexibility index (Phi) is 4.11. The van der Waals surface area contributed by atoms with Gasteiger partial charge < -0.3 is 0 Å². The Balaban J connectivity index is 2.61. The number of carbonyl (C=O) groups is 1. The molecule has 0 N–H and O–H groups in total. The molecule has 0 unspecified atom stereocenters. The van der Waals surface area contributed by atoms with Crippen molar-refractivity contribution in [2.45, 2.75) is 0 Å². The van der Waals surface area contributed by atoms with Crippen LogP contribution in [-0.4, -0.2) is 5.78 Å². The second kappa shape index (κ2) is 5.44. The molecule has 2 aromatic rings. The van der Waals surface area contributed by atoms with Crippen LogP contribution in [0, 0.1) is 15.2 Å². The van der Waals surface area contributed by atoms with E-state index in [1.54, 1.807) is 24.3 Å². The van der Waals surface area contributed by atoms with E-state index in [9.17, 15) is 13.6 Å². The van der Waals surface area contributed by atoms with Crippen molar-refractivity contribution < 1.29 is 13.6 Å². The molecular weight excluding hydrogens is 417 g/mol. The molecule has 0 spiro atoms. The normalized spacial score (nSPS) is 10.4. The van der Waals surface area contributed by atoms with E-state index >= 15 is 0 Å². The van der Waals surface area contributed by atoms with Gasteiger partial charge in [-0.2, -0.15) is 0 Å². The van der Waals surface area contributed by atoms with Crippen LogP contribution >= 0.6 is 38.5 Å². The molecule has 0 heterocycles. The van der Waals surface area contributed by atoms with Gasteiger partial charge >= 0.3 is 0 Å². The summed E-state index contributed by atoms with van der Waals surface area (Å²) in [5, 5.41) is 0. The molecule has 0 fully saturated rings. The highest BCUT2D eigenvalue weighted by molar-refractivity contribution is 14.1. The van der Waals surface area contributed by atoms with Crippen LogP contribution in [0.15, 0.2) is 40.9 Å². The third kappa shape index (κ3) is 2.47. The lowest BCUT2D eigenvalue weighted by Crippen LogP contribution is -2.09. The van der Waals surface area contributed by atoms with Crippen molar-refractivity contribution in [1.82, 2.24) is 0 Å². The van der Waals surface area contributed by atoms with Gasteiger partial charge in [0.25, 0.3) is 0 Å². The summed E-state index contributed by atoms with van der Waals surface area (Å²) in [6, 6.07) is 8.97. The van der Waals surface area contributed by atoms with Crippen molar-refractivity contribution in [2.75, 3.05) is 0 Å². The lowest BCUT2D eigenvalue weighted by Gasteiger charge is -2.07. The molecule has 5 heteroatoms. The van der Waals surface area contributed by atoms with E-state index in [0.29, 0.717) is 3.57 Å². The highest BCUT2D eigenvalue weighted by atomic mass is 127. The van der Waals surface area contributed by atoms with E-state index in [4.69, 9.17) is 0 Å². The fraction of sp³-hybridized carbons (Fsp3) is 0. The van der Waals surface area contributed by atoms with Crippen molar-refractivity contribution in [3.8, 4) is 0 Å². The zero-order chi connectivity index (χ0) is 13.3. The van der Waals surface area contributed by atoms with Crippen molar-refractivity contribution in [1.29, 1.82) is 0 Å². The van der Waals surface area contributed by atoms with Gasteiger partial charge in [0.05, 0.1) is 10.0 Å². The summed E-state index contributed by atoms with van der Waals surface area (Å²) >= 11 is 4.90. The molecule has 0 aliphatic rings. The first-order valence-corrected chi connectivity index (χ1v) is 6.82. The predicted molar refractivity (Wildman–Crippen MR) is 76.6 cm³/mol. The van der Waals surface area contributed by atoms with Crippen LogP contribution in [0.5, 0.6) is 0 Å². The van der Waals surface area contributed by atoms with Gasteiger partial charge in [-0.25, -0.2) is 8.78 Å². The van der Waals surface area contributed by atoms with Gasteiger partial charge in [0, 0.05) is 9.13 Å². The molecule has 0 aliphatic heterocycles. The third-order valence-electron chi connectivity index (χ3n) is 2.39. The first-order chi connectivity index (χ1) is 8.52. The lowest BCUT2D eigenvalue weighted by molar-refractivity contribution is 0.103. The molecule has 0 aliphatic carbocycles. The van der Waals surface area contributed by atoms with Gasteiger partial charge in [0.2, 0.25) is 0 Å². The Labute approximate surface area is 124 Å². The summed E-state index contributed by atoms with van der Waals surface area (Å²) < 4.78 is 28.2. The fourth-order valence-corrected chi connectivity index (χ4v) is 2.48. The van der Waals surface area contributed by atoms with Crippen LogP contribution in [-0.2, 0) is 0 Å². The Morgan fingerprint density at radius 2 is 1.78 bits per heavy atom. The van der Waals surface area contributed by atoms with Crippen LogP contribution in [0.1, 0.15) is 15.9 Å². The highest BCUT2D eigenvalue weighted by Gasteiger charge is 2.22. The summed E-state index contributed by atoms with van der Waals surface area (Å²) in [7, 11) is 0. The maximum absolute atomic E-state index is 13.8. The maximum atomic E-state index is 13.8. The topological polar surface area (TPSA) is 17.1 Å². The molecule has 0 amide bonds. The largest absolute Gasteiger partial charge is 0.288 e. The number of carbonyl (C=O) groups excluding carboxylic acids is 1. The molecule has 0 aromatic heterocycles. The van der Waals surface area contributed by atoms with E-state index in [1.165, 1.54) is 6.07 Å². The van der Waals surface area contributed by atoms with Gasteiger partial charge in [-0.1, -0.05) is 12.1 Å². The van der Waals surface area contributed by atoms with Gasteiger partial charge in [0.15, 0.2) is 11.6 Å². The van der Waals surface area contributed by atoms with Gasteiger partial charge in [0.1, 0.15) is 5.82 Å². The highest BCUT2D eigenvalue weighted by Crippen LogP contribution is 2.25. The summed E-state index contributed by atoms with van der Waals surface area (Å²) in [5.41, 5.74) is -0.248. The van der Waals surface area contributed by atoms with Crippen LogP contribution in [0.25, 0.3) is 0 Å². The zero-order valence-corrected chi connectivity index (χ0v) is 12.6. The number of benzene rings is 2. The zero-order valence-electron chi connectivity index (χ0n) is 8.88. The molecule has 0 atom stereocenters. The number of hydrogen-bond acceptors (Lipinski definition) is 1. The minimum Gasteiger partial charge on any atom is -0.288 e. The second-order valence-corrected chi connectivity index (χ2v) is 5.54. The minimum atomic E-state index is -0.875. The average molecular weight is 423 g/mol. The summed E-state index contributed by atoms with van der Waals surface area (Å²) in [6.45, 7) is 0. The maximum Gasteiger partial charge on any atom is 0.200 e. The predicted octanol–water partition coefficient (Wildman–Crippen LogP) is 4.56. The van der Waals surface area contributed by atoms with E-state index in [1.807, 2.05) is 22.6 Å². The third-order valence-corrected chi connectivity index (χ3v) is 3.94. The van der Waals surface area contributed by atoms with Crippen LogP contribution in [0.4, 0.5) is 8.78 Å². The molecule has 0 saturated carbocycles. The Morgan fingerprint density at radius 1 is 1.11 bits per heavy atom. The quantitative estimate of drug-likeness (QED) is 0.394. The SMILES string of the molecule is O=C(c1ccccc1I)c1c(F)ccc(Br)c1F. The van der Waals surface area contributed by atoms with Crippen molar-refractivity contribution in [2.24, 2.45) is 0 Å². The summed E-state index contributed by atoms with van der Waals surface area (Å²) in [5.74, 6) is -2.39. The second-order valence-electron chi connectivity index (χ2n) is 3.53. The molecule has 0 radical (unpaired) electrons. The Bertz CT molecular complexity index is 628. The summed E-state index contributed by atoms with van der Waals surface area (Å²) in [6.07, 6.45) is 0. The monoisotopic (exact) mass is 422 g/mol. The molecule has 92 valence electrons. The van der Waals surface area contributed by atoms with Crippen LogP contribution in [0.3, 0.4) is 0 Å². The number of hydrogen-bond donors (Lipinski definition) is 0. The van der Waals surface area contributed by atoms with Crippen LogP contribution in [0.2, 0.25) is 0 Å². The standard InChI is InChI=1S/C13H6BrF2IO/c14-8-5-6-9(15)11(12(8)16)13(18)7-3-1-2-4-10(7)17/h1-6H. The molecule has 0 saturated heterocycles. The molecular formula is C13H6BrF2IO. The molecule has 2 aromatic carbocycles. The molecule has 0 bridgehead atoms. The molecule has 2 rings (SSSR count). The van der Waals surface area contributed by atoms with Gasteiger partial charge in [-0.05, 0) is 62.8 Å². The molecule has 18 heavy (non-hydrogen) atoms. The first kappa shape index (κ1) is 13.6. The van der Waals surface area contributed by atoms with E-state index in [0.717, 1.165) is 6.07 Å². The smallest absolute Gasteiger partial charge is 0.200 e. The average Bonchev–Trinajstić information content (AvgIpc) is 2.35. The fourth-order valence-electron chi connectivity index (χ4n) is 1.52. The van der Waals surface area contributed by atoms with E-state index < -0.39 is 23.0 Å². The van der Waals surface area contributed by atoms with Crippen molar-refractivity contribution in [3.05, 3.63) is 67.2 Å². The first-order valence-electron chi connectivity index (χ1n) is 4.95. The summed E-state index contributed by atoms with van der Waals surface area (Å²) in [4.78, 5) is 12.2.